The van der Waals surface area contributed by atoms with Crippen LogP contribution in [0, 0.1) is 6.92 Å². The summed E-state index contributed by atoms with van der Waals surface area (Å²) in [6, 6.07) is 6.42. The smallest absolute Gasteiger partial charge is 0.344 e. The van der Waals surface area contributed by atoms with Crippen LogP contribution in [0.3, 0.4) is 0 Å². The molecule has 3 rings (SSSR count). The highest BCUT2D eigenvalue weighted by molar-refractivity contribution is 5.84. The molecular formula is C20H23NO6. The van der Waals surface area contributed by atoms with Gasteiger partial charge in [-0.2, -0.15) is 0 Å². The molecule has 1 amide bonds. The van der Waals surface area contributed by atoms with E-state index in [1.165, 1.54) is 6.07 Å². The molecule has 7 heteroatoms. The van der Waals surface area contributed by atoms with E-state index in [0.29, 0.717) is 24.4 Å². The largest absolute Gasteiger partial charge is 0.482 e. The number of likely N-dealkylation sites (tertiary alicyclic amines) is 1. The van der Waals surface area contributed by atoms with E-state index in [4.69, 9.17) is 13.9 Å². The molecule has 7 nitrogen and oxygen atoms in total. The topological polar surface area (TPSA) is 86.0 Å². The maximum absolute atomic E-state index is 12.3. The normalized spacial score (nSPS) is 15.4. The number of amides is 1. The molecule has 1 aromatic heterocycles. The van der Waals surface area contributed by atoms with Gasteiger partial charge in [-0.1, -0.05) is 0 Å². The molecule has 1 aliphatic heterocycles. The zero-order valence-electron chi connectivity index (χ0n) is 15.5. The van der Waals surface area contributed by atoms with Gasteiger partial charge in [-0.3, -0.25) is 4.79 Å². The van der Waals surface area contributed by atoms with E-state index in [1.54, 1.807) is 30.0 Å². The van der Waals surface area contributed by atoms with E-state index in [-0.39, 0.29) is 12.5 Å². The number of nitrogens with zero attached hydrogens (tertiary/aromatic N) is 1. The zero-order valence-corrected chi connectivity index (χ0v) is 15.5. The number of rotatable bonds is 5. The van der Waals surface area contributed by atoms with Crippen molar-refractivity contribution >= 4 is 22.8 Å². The second-order valence-corrected chi connectivity index (χ2v) is 6.71. The van der Waals surface area contributed by atoms with Crippen molar-refractivity contribution in [2.24, 2.45) is 0 Å². The predicted octanol–water partition coefficient (Wildman–Crippen LogP) is 2.42. The number of ether oxygens (including phenoxy) is 2. The van der Waals surface area contributed by atoms with Crippen molar-refractivity contribution in [2.75, 3.05) is 19.7 Å². The number of esters is 1. The Morgan fingerprint density at radius 1 is 1.19 bits per heavy atom. The molecule has 144 valence electrons. The highest BCUT2D eigenvalue weighted by atomic mass is 16.6. The first-order valence-electron chi connectivity index (χ1n) is 9.09. The monoisotopic (exact) mass is 373 g/mol. The summed E-state index contributed by atoms with van der Waals surface area (Å²) in [6.07, 6.45) is 2.24. The molecule has 0 saturated carbocycles. The summed E-state index contributed by atoms with van der Waals surface area (Å²) in [6.45, 7) is 4.47. The van der Waals surface area contributed by atoms with E-state index in [9.17, 15) is 14.4 Å². The van der Waals surface area contributed by atoms with Gasteiger partial charge in [0.25, 0.3) is 5.91 Å². The summed E-state index contributed by atoms with van der Waals surface area (Å²) in [5, 5.41) is 0.797. The molecule has 1 aliphatic rings. The number of aryl methyl sites for hydroxylation is 1. The SMILES string of the molecule is Cc1cc(=O)oc2cc(OCC(=O)O[C@@H](C)C(=O)N3CCCCC3)ccc12. The van der Waals surface area contributed by atoms with Crippen molar-refractivity contribution < 1.29 is 23.5 Å². The minimum Gasteiger partial charge on any atom is -0.482 e. The summed E-state index contributed by atoms with van der Waals surface area (Å²) in [5.74, 6) is -0.423. The summed E-state index contributed by atoms with van der Waals surface area (Å²) < 4.78 is 15.8. The van der Waals surface area contributed by atoms with Crippen LogP contribution in [0.25, 0.3) is 11.0 Å². The maximum atomic E-state index is 12.3. The Hall–Kier alpha value is -2.83. The number of hydrogen-bond donors (Lipinski definition) is 0. The third-order valence-electron chi connectivity index (χ3n) is 4.60. The molecule has 0 aliphatic carbocycles. The lowest BCUT2D eigenvalue weighted by Crippen LogP contribution is -2.43. The van der Waals surface area contributed by atoms with E-state index in [0.717, 1.165) is 30.2 Å². The lowest BCUT2D eigenvalue weighted by atomic mass is 10.1. The fourth-order valence-corrected chi connectivity index (χ4v) is 3.19. The van der Waals surface area contributed by atoms with Gasteiger partial charge < -0.3 is 18.8 Å². The van der Waals surface area contributed by atoms with Crippen LogP contribution in [-0.2, 0) is 14.3 Å². The Bertz CT molecular complexity index is 897. The summed E-state index contributed by atoms with van der Waals surface area (Å²) >= 11 is 0. The fourth-order valence-electron chi connectivity index (χ4n) is 3.19. The Balaban J connectivity index is 1.56. The van der Waals surface area contributed by atoms with Crippen molar-refractivity contribution in [3.05, 3.63) is 40.2 Å². The Morgan fingerprint density at radius 2 is 1.93 bits per heavy atom. The number of carbonyl (C=O) groups excluding carboxylic acids is 2. The first kappa shape index (κ1) is 18.9. The van der Waals surface area contributed by atoms with E-state index >= 15 is 0 Å². The van der Waals surface area contributed by atoms with Crippen molar-refractivity contribution in [3.63, 3.8) is 0 Å². The Kier molecular flexibility index (Phi) is 5.78. The van der Waals surface area contributed by atoms with Gasteiger partial charge in [0.05, 0.1) is 0 Å². The number of fused-ring (bicyclic) bond motifs is 1. The average Bonchev–Trinajstić information content (AvgIpc) is 2.66. The zero-order chi connectivity index (χ0) is 19.4. The molecule has 0 radical (unpaired) electrons. The van der Waals surface area contributed by atoms with Crippen LogP contribution in [0.15, 0.2) is 33.5 Å². The fraction of sp³-hybridized carbons (Fsp3) is 0.450. The first-order valence-corrected chi connectivity index (χ1v) is 9.09. The first-order chi connectivity index (χ1) is 12.9. The van der Waals surface area contributed by atoms with Crippen LogP contribution in [0.1, 0.15) is 31.7 Å². The molecule has 0 spiro atoms. The summed E-state index contributed by atoms with van der Waals surface area (Å²) in [4.78, 5) is 37.5. The number of piperidine rings is 1. The highest BCUT2D eigenvalue weighted by Gasteiger charge is 2.25. The molecule has 2 aromatic rings. The molecule has 1 fully saturated rings. The lowest BCUT2D eigenvalue weighted by molar-refractivity contribution is -0.161. The second-order valence-electron chi connectivity index (χ2n) is 6.71. The van der Waals surface area contributed by atoms with Gasteiger partial charge in [-0.15, -0.1) is 0 Å². The van der Waals surface area contributed by atoms with Gasteiger partial charge in [0, 0.05) is 30.6 Å². The van der Waals surface area contributed by atoms with Gasteiger partial charge in [-0.25, -0.2) is 9.59 Å². The van der Waals surface area contributed by atoms with Crippen molar-refractivity contribution in [3.8, 4) is 5.75 Å². The average molecular weight is 373 g/mol. The van der Waals surface area contributed by atoms with Crippen LogP contribution < -0.4 is 10.4 Å². The van der Waals surface area contributed by atoms with E-state index < -0.39 is 17.7 Å². The second kappa shape index (κ2) is 8.24. The summed E-state index contributed by atoms with van der Waals surface area (Å²) in [5.41, 5.74) is 0.749. The van der Waals surface area contributed by atoms with Gasteiger partial charge >= 0.3 is 11.6 Å². The van der Waals surface area contributed by atoms with Gasteiger partial charge in [0.15, 0.2) is 12.7 Å². The number of benzene rings is 1. The molecule has 0 unspecified atom stereocenters. The Labute approximate surface area is 156 Å². The molecule has 2 heterocycles. The van der Waals surface area contributed by atoms with Gasteiger partial charge in [-0.05, 0) is 50.8 Å². The predicted molar refractivity (Wildman–Crippen MR) is 98.7 cm³/mol. The van der Waals surface area contributed by atoms with Crippen LogP contribution in [-0.4, -0.2) is 42.6 Å². The van der Waals surface area contributed by atoms with Crippen LogP contribution >= 0.6 is 0 Å². The van der Waals surface area contributed by atoms with Gasteiger partial charge in [0.2, 0.25) is 0 Å². The van der Waals surface area contributed by atoms with Crippen molar-refractivity contribution in [1.29, 1.82) is 0 Å². The third-order valence-corrected chi connectivity index (χ3v) is 4.60. The lowest BCUT2D eigenvalue weighted by Gasteiger charge is -2.28. The summed E-state index contributed by atoms with van der Waals surface area (Å²) in [7, 11) is 0. The molecule has 1 saturated heterocycles. The van der Waals surface area contributed by atoms with Gasteiger partial charge in [0.1, 0.15) is 11.3 Å². The highest BCUT2D eigenvalue weighted by Crippen LogP contribution is 2.22. The maximum Gasteiger partial charge on any atom is 0.344 e. The van der Waals surface area contributed by atoms with Crippen molar-refractivity contribution in [2.45, 2.75) is 39.2 Å². The van der Waals surface area contributed by atoms with E-state index in [1.807, 2.05) is 6.92 Å². The van der Waals surface area contributed by atoms with Crippen LogP contribution in [0.5, 0.6) is 5.75 Å². The molecule has 0 bridgehead atoms. The van der Waals surface area contributed by atoms with Crippen LogP contribution in [0.2, 0.25) is 0 Å². The minimum absolute atomic E-state index is 0.175. The number of hydrogen-bond acceptors (Lipinski definition) is 6. The quantitative estimate of drug-likeness (QED) is 0.591. The standard InChI is InChI=1S/C20H23NO6/c1-13-10-18(22)27-17-11-15(6-7-16(13)17)25-12-19(23)26-14(2)20(24)21-8-4-3-5-9-21/h6-7,10-11,14H,3-5,8-9,12H2,1-2H3/t14-/m0/s1. The third kappa shape index (κ3) is 4.67. The molecule has 1 atom stereocenters. The molecular weight excluding hydrogens is 350 g/mol. The molecule has 27 heavy (non-hydrogen) atoms. The van der Waals surface area contributed by atoms with Crippen LogP contribution in [0.4, 0.5) is 0 Å². The van der Waals surface area contributed by atoms with E-state index in [2.05, 4.69) is 0 Å². The minimum atomic E-state index is -0.837. The molecule has 0 N–H and O–H groups in total. The van der Waals surface area contributed by atoms with Crippen molar-refractivity contribution in [1.82, 2.24) is 4.90 Å². The Morgan fingerprint density at radius 3 is 2.67 bits per heavy atom. The number of carbonyl (C=O) groups is 2. The molecule has 1 aromatic carbocycles.